The monoisotopic (exact) mass is 451 g/mol. The molecule has 0 unspecified atom stereocenters. The Hall–Kier alpha value is -2.55. The van der Waals surface area contributed by atoms with Crippen molar-refractivity contribution in [1.82, 2.24) is 0 Å². The summed E-state index contributed by atoms with van der Waals surface area (Å²) >= 11 is 7.23. The lowest BCUT2D eigenvalue weighted by atomic mass is 10.1. The summed E-state index contributed by atoms with van der Waals surface area (Å²) in [6, 6.07) is 12.1. The van der Waals surface area contributed by atoms with Gasteiger partial charge in [-0.25, -0.2) is 14.0 Å². The van der Waals surface area contributed by atoms with Crippen LogP contribution < -0.4 is 4.90 Å². The van der Waals surface area contributed by atoms with Crippen molar-refractivity contribution in [3.63, 3.8) is 0 Å². The van der Waals surface area contributed by atoms with Gasteiger partial charge < -0.3 is 19.1 Å². The summed E-state index contributed by atoms with van der Waals surface area (Å²) in [7, 11) is 2.47. The number of anilines is 1. The van der Waals surface area contributed by atoms with E-state index in [2.05, 4.69) is 0 Å². The molecule has 1 aliphatic rings. The van der Waals surface area contributed by atoms with E-state index in [0.29, 0.717) is 17.0 Å². The topological polar surface area (TPSA) is 65.1 Å². The Bertz CT molecular complexity index is 997. The van der Waals surface area contributed by atoms with E-state index in [1.807, 2.05) is 12.1 Å². The molecule has 0 saturated heterocycles. The lowest BCUT2D eigenvalue weighted by Crippen LogP contribution is -2.39. The Morgan fingerprint density at radius 1 is 1.13 bits per heavy atom. The highest BCUT2D eigenvalue weighted by molar-refractivity contribution is 7.98. The first-order valence-corrected chi connectivity index (χ1v) is 10.2. The van der Waals surface area contributed by atoms with Crippen molar-refractivity contribution in [2.75, 3.05) is 32.5 Å². The van der Waals surface area contributed by atoms with Crippen LogP contribution in [0.25, 0.3) is 0 Å². The summed E-state index contributed by atoms with van der Waals surface area (Å²) in [5, 5.41) is 0.0597. The maximum atomic E-state index is 14.3. The average Bonchev–Trinajstić information content (AvgIpc) is 2.78. The molecule has 0 spiro atoms. The average molecular weight is 452 g/mol. The summed E-state index contributed by atoms with van der Waals surface area (Å²) in [6.07, 6.45) is 0. The van der Waals surface area contributed by atoms with Gasteiger partial charge in [-0.2, -0.15) is 0 Å². The fraction of sp³-hybridized carbons (Fsp3) is 0.238. The van der Waals surface area contributed by atoms with Gasteiger partial charge in [0.25, 0.3) is 0 Å². The molecule has 6 nitrogen and oxygen atoms in total. The number of thioether (sulfide) groups is 1. The largest absolute Gasteiger partial charge is 0.466 e. The first kappa shape index (κ1) is 22.1. The minimum absolute atomic E-state index is 0.0357. The minimum atomic E-state index is -0.681. The number of methoxy groups -OCH3 is 2. The molecule has 0 saturated carbocycles. The van der Waals surface area contributed by atoms with Gasteiger partial charge in [0.15, 0.2) is 0 Å². The van der Waals surface area contributed by atoms with Gasteiger partial charge in [-0.15, -0.1) is 11.8 Å². The number of nitrogens with zero attached hydrogens (tertiary/aromatic N) is 1. The maximum absolute atomic E-state index is 14.3. The lowest BCUT2D eigenvalue weighted by Gasteiger charge is -2.32. The van der Waals surface area contributed by atoms with Gasteiger partial charge in [-0.05, 0) is 23.8 Å². The van der Waals surface area contributed by atoms with Gasteiger partial charge in [-0.1, -0.05) is 35.9 Å². The summed E-state index contributed by atoms with van der Waals surface area (Å²) in [6.45, 7) is -0.0370. The zero-order valence-electron chi connectivity index (χ0n) is 16.3. The minimum Gasteiger partial charge on any atom is -0.466 e. The van der Waals surface area contributed by atoms with E-state index in [4.69, 9.17) is 25.8 Å². The second-order valence-electron chi connectivity index (χ2n) is 6.19. The standard InChI is InChI=1S/C21H19ClFNO5S/c1-27-20(25)14-10-29-12-24(19(14)21(26)28-2)16-8-3-4-9-17(16)30-11-13-6-5-7-15(22)18(13)23/h3-9H,10-12H2,1-2H3. The Balaban J connectivity index is 1.98. The van der Waals surface area contributed by atoms with Crippen LogP contribution in [0.3, 0.4) is 0 Å². The highest BCUT2D eigenvalue weighted by atomic mass is 35.5. The van der Waals surface area contributed by atoms with E-state index in [0.717, 1.165) is 4.90 Å². The molecule has 0 aliphatic carbocycles. The molecule has 0 fully saturated rings. The van der Waals surface area contributed by atoms with Crippen LogP contribution in [0.5, 0.6) is 0 Å². The van der Waals surface area contributed by atoms with Gasteiger partial charge in [0.05, 0.1) is 37.1 Å². The van der Waals surface area contributed by atoms with Crippen molar-refractivity contribution < 1.29 is 28.2 Å². The molecular weight excluding hydrogens is 433 g/mol. The number of benzene rings is 2. The molecule has 0 N–H and O–H groups in total. The molecule has 0 radical (unpaired) electrons. The Morgan fingerprint density at radius 2 is 1.87 bits per heavy atom. The van der Waals surface area contributed by atoms with Crippen LogP contribution in [0, 0.1) is 5.82 Å². The van der Waals surface area contributed by atoms with Gasteiger partial charge in [0.2, 0.25) is 0 Å². The predicted molar refractivity (Wildman–Crippen MR) is 112 cm³/mol. The third kappa shape index (κ3) is 4.61. The number of hydrogen-bond acceptors (Lipinski definition) is 7. The predicted octanol–water partition coefficient (Wildman–Crippen LogP) is 4.17. The smallest absolute Gasteiger partial charge is 0.355 e. The van der Waals surface area contributed by atoms with E-state index in [1.165, 1.54) is 32.0 Å². The zero-order valence-corrected chi connectivity index (χ0v) is 17.9. The van der Waals surface area contributed by atoms with Crippen LogP contribution in [0.1, 0.15) is 5.56 Å². The number of carbonyl (C=O) groups excluding carboxylic acids is 2. The Kier molecular flexibility index (Phi) is 7.36. The third-order valence-electron chi connectivity index (χ3n) is 4.40. The SMILES string of the molecule is COC(=O)C1=C(C(=O)OC)N(c2ccccc2SCc2cccc(Cl)c2F)COC1. The van der Waals surface area contributed by atoms with Gasteiger partial charge in [0, 0.05) is 10.6 Å². The second-order valence-corrected chi connectivity index (χ2v) is 7.61. The molecule has 0 amide bonds. The number of esters is 2. The fourth-order valence-electron chi connectivity index (χ4n) is 2.95. The first-order chi connectivity index (χ1) is 14.5. The van der Waals surface area contributed by atoms with Gasteiger partial charge in [-0.3, -0.25) is 0 Å². The van der Waals surface area contributed by atoms with Crippen LogP contribution >= 0.6 is 23.4 Å². The van der Waals surface area contributed by atoms with E-state index >= 15 is 0 Å². The number of ether oxygens (including phenoxy) is 3. The first-order valence-electron chi connectivity index (χ1n) is 8.87. The van der Waals surface area contributed by atoms with Crippen molar-refractivity contribution in [3.05, 3.63) is 70.1 Å². The molecule has 1 aliphatic heterocycles. The summed E-state index contributed by atoms with van der Waals surface area (Å²) in [4.78, 5) is 27.0. The van der Waals surface area contributed by atoms with Crippen molar-refractivity contribution in [2.45, 2.75) is 10.6 Å². The van der Waals surface area contributed by atoms with Crippen molar-refractivity contribution in [3.8, 4) is 0 Å². The van der Waals surface area contributed by atoms with Crippen LogP contribution in [-0.2, 0) is 29.6 Å². The molecule has 0 bridgehead atoms. The molecule has 1 heterocycles. The molecular formula is C21H19ClFNO5S. The Labute approximate surface area is 182 Å². The molecule has 158 valence electrons. The molecule has 9 heteroatoms. The van der Waals surface area contributed by atoms with Crippen molar-refractivity contribution in [2.24, 2.45) is 0 Å². The summed E-state index contributed by atoms with van der Waals surface area (Å²) < 4.78 is 29.5. The normalized spacial score (nSPS) is 13.9. The van der Waals surface area contributed by atoms with E-state index < -0.39 is 17.8 Å². The third-order valence-corrected chi connectivity index (χ3v) is 5.81. The number of halogens is 2. The van der Waals surface area contributed by atoms with Crippen LogP contribution in [0.2, 0.25) is 5.02 Å². The van der Waals surface area contributed by atoms with E-state index in [1.54, 1.807) is 29.2 Å². The molecule has 30 heavy (non-hydrogen) atoms. The van der Waals surface area contributed by atoms with E-state index in [-0.39, 0.29) is 29.6 Å². The summed E-state index contributed by atoms with van der Waals surface area (Å²) in [5.41, 5.74) is 1.19. The molecule has 0 aromatic heterocycles. The molecule has 3 rings (SSSR count). The lowest BCUT2D eigenvalue weighted by molar-refractivity contribution is -0.140. The zero-order chi connectivity index (χ0) is 21.7. The molecule has 0 atom stereocenters. The van der Waals surface area contributed by atoms with Crippen LogP contribution in [0.4, 0.5) is 10.1 Å². The highest BCUT2D eigenvalue weighted by Gasteiger charge is 2.33. The number of hydrogen-bond donors (Lipinski definition) is 0. The highest BCUT2D eigenvalue weighted by Crippen LogP contribution is 2.37. The quantitative estimate of drug-likeness (QED) is 0.482. The Morgan fingerprint density at radius 3 is 2.60 bits per heavy atom. The number of para-hydroxylation sites is 1. The van der Waals surface area contributed by atoms with E-state index in [9.17, 15) is 14.0 Å². The van der Waals surface area contributed by atoms with Crippen LogP contribution in [-0.4, -0.2) is 39.5 Å². The maximum Gasteiger partial charge on any atom is 0.355 e. The number of carbonyl (C=O) groups is 2. The second kappa shape index (κ2) is 9.97. The van der Waals surface area contributed by atoms with Gasteiger partial charge in [0.1, 0.15) is 18.2 Å². The van der Waals surface area contributed by atoms with Crippen LogP contribution in [0.15, 0.2) is 58.6 Å². The molecule has 2 aromatic rings. The van der Waals surface area contributed by atoms with Gasteiger partial charge >= 0.3 is 11.9 Å². The summed E-state index contributed by atoms with van der Waals surface area (Å²) in [5.74, 6) is -1.50. The fourth-order valence-corrected chi connectivity index (χ4v) is 4.18. The number of rotatable bonds is 6. The van der Waals surface area contributed by atoms with Crippen molar-refractivity contribution >= 4 is 41.0 Å². The van der Waals surface area contributed by atoms with Crippen molar-refractivity contribution in [1.29, 1.82) is 0 Å². The molecule has 2 aromatic carbocycles.